The van der Waals surface area contributed by atoms with Crippen molar-refractivity contribution in [2.75, 3.05) is 0 Å². The number of hydrogen-bond acceptors (Lipinski definition) is 3. The van der Waals surface area contributed by atoms with E-state index in [0.29, 0.717) is 5.56 Å². The van der Waals surface area contributed by atoms with E-state index in [0.717, 1.165) is 14.9 Å². The Morgan fingerprint density at radius 1 is 1.42 bits per heavy atom. The molecule has 1 aromatic heterocycles. The fourth-order valence-electron chi connectivity index (χ4n) is 1.64. The molecular formula is C15H10BrNOS. The molecule has 0 amide bonds. The number of nitriles is 1. The SMILES string of the molecule is Cc1cccc(C(=O)/C(C#N)=C/c2cc(Br)cs2)c1. The van der Waals surface area contributed by atoms with E-state index in [1.807, 2.05) is 36.6 Å². The van der Waals surface area contributed by atoms with Gasteiger partial charge in [0.25, 0.3) is 0 Å². The Morgan fingerprint density at radius 3 is 2.79 bits per heavy atom. The van der Waals surface area contributed by atoms with Gasteiger partial charge in [0.05, 0.1) is 0 Å². The summed E-state index contributed by atoms with van der Waals surface area (Å²) in [4.78, 5) is 13.1. The molecule has 0 N–H and O–H groups in total. The predicted molar refractivity (Wildman–Crippen MR) is 81.1 cm³/mol. The molecule has 4 heteroatoms. The number of allylic oxidation sites excluding steroid dienone is 1. The third-order valence-corrected chi connectivity index (χ3v) is 4.16. The quantitative estimate of drug-likeness (QED) is 0.468. The van der Waals surface area contributed by atoms with Crippen molar-refractivity contribution in [2.45, 2.75) is 6.92 Å². The smallest absolute Gasteiger partial charge is 0.203 e. The molecular weight excluding hydrogens is 322 g/mol. The molecule has 0 radical (unpaired) electrons. The highest BCUT2D eigenvalue weighted by Gasteiger charge is 2.12. The van der Waals surface area contributed by atoms with Gasteiger partial charge in [-0.25, -0.2) is 0 Å². The number of carbonyl (C=O) groups is 1. The lowest BCUT2D eigenvalue weighted by Gasteiger charge is -2.00. The standard InChI is InChI=1S/C15H10BrNOS/c1-10-3-2-4-11(5-10)15(18)12(8-17)6-14-7-13(16)9-19-14/h2-7,9H,1H3/b12-6+. The number of nitrogens with zero attached hydrogens (tertiary/aromatic N) is 1. The second kappa shape index (κ2) is 5.96. The molecule has 0 saturated carbocycles. The normalized spacial score (nSPS) is 11.1. The van der Waals surface area contributed by atoms with Gasteiger partial charge >= 0.3 is 0 Å². The van der Waals surface area contributed by atoms with Gasteiger partial charge in [-0.1, -0.05) is 23.8 Å². The molecule has 1 aromatic carbocycles. The monoisotopic (exact) mass is 331 g/mol. The summed E-state index contributed by atoms with van der Waals surface area (Å²) in [5.41, 5.74) is 1.70. The maximum Gasteiger partial charge on any atom is 0.203 e. The Morgan fingerprint density at radius 2 is 2.21 bits per heavy atom. The molecule has 2 aromatic rings. The second-order valence-corrected chi connectivity index (χ2v) is 5.89. The van der Waals surface area contributed by atoms with Crippen LogP contribution in [-0.4, -0.2) is 5.78 Å². The second-order valence-electron chi connectivity index (χ2n) is 4.04. The van der Waals surface area contributed by atoms with Crippen LogP contribution in [0.2, 0.25) is 0 Å². The Labute approximate surface area is 124 Å². The van der Waals surface area contributed by atoms with Crippen molar-refractivity contribution in [3.05, 3.63) is 61.8 Å². The summed E-state index contributed by atoms with van der Waals surface area (Å²) < 4.78 is 0.948. The highest BCUT2D eigenvalue weighted by atomic mass is 79.9. The van der Waals surface area contributed by atoms with E-state index in [4.69, 9.17) is 5.26 Å². The predicted octanol–water partition coefficient (Wildman–Crippen LogP) is 4.61. The van der Waals surface area contributed by atoms with Crippen LogP contribution in [0.5, 0.6) is 0 Å². The van der Waals surface area contributed by atoms with Crippen LogP contribution in [0.25, 0.3) is 6.08 Å². The van der Waals surface area contributed by atoms with E-state index >= 15 is 0 Å². The first-order valence-corrected chi connectivity index (χ1v) is 7.24. The van der Waals surface area contributed by atoms with Crippen molar-refractivity contribution in [3.8, 4) is 6.07 Å². The molecule has 0 aliphatic carbocycles. The molecule has 0 fully saturated rings. The molecule has 1 heterocycles. The average Bonchev–Trinajstić information content (AvgIpc) is 2.81. The molecule has 0 saturated heterocycles. The van der Waals surface area contributed by atoms with Crippen LogP contribution in [0.3, 0.4) is 0 Å². The van der Waals surface area contributed by atoms with Crippen LogP contribution in [0.15, 0.2) is 45.8 Å². The lowest BCUT2D eigenvalue weighted by atomic mass is 10.0. The Bertz CT molecular complexity index is 694. The van der Waals surface area contributed by atoms with E-state index in [2.05, 4.69) is 15.9 Å². The number of benzene rings is 1. The van der Waals surface area contributed by atoms with Crippen LogP contribution in [0.1, 0.15) is 20.8 Å². The van der Waals surface area contributed by atoms with Crippen LogP contribution >= 0.6 is 27.3 Å². The number of aryl methyl sites for hydroxylation is 1. The minimum atomic E-state index is -0.240. The number of rotatable bonds is 3. The summed E-state index contributed by atoms with van der Waals surface area (Å²) in [5, 5.41) is 11.1. The summed E-state index contributed by atoms with van der Waals surface area (Å²) in [6.07, 6.45) is 1.63. The van der Waals surface area contributed by atoms with E-state index in [1.54, 1.807) is 18.2 Å². The minimum Gasteiger partial charge on any atom is -0.288 e. The van der Waals surface area contributed by atoms with Gasteiger partial charge in [0, 0.05) is 20.3 Å². The number of carbonyl (C=O) groups excluding carboxylic acids is 1. The highest BCUT2D eigenvalue weighted by molar-refractivity contribution is 9.10. The van der Waals surface area contributed by atoms with Gasteiger partial charge in [-0.15, -0.1) is 11.3 Å². The molecule has 2 nitrogen and oxygen atoms in total. The highest BCUT2D eigenvalue weighted by Crippen LogP contribution is 2.23. The van der Waals surface area contributed by atoms with Gasteiger partial charge in [0.1, 0.15) is 11.6 Å². The van der Waals surface area contributed by atoms with Crippen molar-refractivity contribution in [3.63, 3.8) is 0 Å². The fraction of sp³-hybridized carbons (Fsp3) is 0.0667. The molecule has 94 valence electrons. The van der Waals surface area contributed by atoms with Gasteiger partial charge in [-0.2, -0.15) is 5.26 Å². The van der Waals surface area contributed by atoms with Crippen molar-refractivity contribution in [1.29, 1.82) is 5.26 Å². The summed E-state index contributed by atoms with van der Waals surface area (Å²) in [6, 6.07) is 11.1. The molecule has 19 heavy (non-hydrogen) atoms. The fourth-order valence-corrected chi connectivity index (χ4v) is 3.01. The molecule has 0 aliphatic heterocycles. The van der Waals surface area contributed by atoms with Crippen molar-refractivity contribution in [2.24, 2.45) is 0 Å². The van der Waals surface area contributed by atoms with E-state index in [9.17, 15) is 4.79 Å². The van der Waals surface area contributed by atoms with Crippen LogP contribution in [0, 0.1) is 18.3 Å². The van der Waals surface area contributed by atoms with Gasteiger partial charge in [-0.05, 0) is 41.1 Å². The third-order valence-electron chi connectivity index (χ3n) is 2.52. The van der Waals surface area contributed by atoms with Crippen molar-refractivity contribution < 1.29 is 4.79 Å². The Hall–Kier alpha value is -1.70. The lowest BCUT2D eigenvalue weighted by Crippen LogP contribution is -2.01. The third kappa shape index (κ3) is 3.40. The van der Waals surface area contributed by atoms with Crippen LogP contribution < -0.4 is 0 Å². The maximum absolute atomic E-state index is 12.2. The summed E-state index contributed by atoms with van der Waals surface area (Å²) in [5.74, 6) is -0.240. The lowest BCUT2D eigenvalue weighted by molar-refractivity contribution is 0.104. The van der Waals surface area contributed by atoms with Crippen LogP contribution in [0.4, 0.5) is 0 Å². The Balaban J connectivity index is 2.35. The zero-order valence-corrected chi connectivity index (χ0v) is 12.6. The number of thiophene rings is 1. The molecule has 0 bridgehead atoms. The molecule has 0 spiro atoms. The number of hydrogen-bond donors (Lipinski definition) is 0. The zero-order valence-electron chi connectivity index (χ0n) is 10.2. The number of Topliss-reactive ketones (excluding diaryl/α,β-unsaturated/α-hetero) is 1. The van der Waals surface area contributed by atoms with Gasteiger partial charge in [0.2, 0.25) is 5.78 Å². The van der Waals surface area contributed by atoms with Gasteiger partial charge in [0.15, 0.2) is 0 Å². The Kier molecular flexibility index (Phi) is 4.31. The summed E-state index contributed by atoms with van der Waals surface area (Å²) >= 11 is 4.83. The average molecular weight is 332 g/mol. The van der Waals surface area contributed by atoms with Gasteiger partial charge < -0.3 is 0 Å². The molecule has 0 aliphatic rings. The molecule has 0 atom stereocenters. The van der Waals surface area contributed by atoms with Gasteiger partial charge in [-0.3, -0.25) is 4.79 Å². The maximum atomic E-state index is 12.2. The summed E-state index contributed by atoms with van der Waals surface area (Å²) in [6.45, 7) is 1.92. The zero-order chi connectivity index (χ0) is 13.8. The first kappa shape index (κ1) is 13.7. The van der Waals surface area contributed by atoms with Crippen molar-refractivity contribution >= 4 is 39.1 Å². The largest absolute Gasteiger partial charge is 0.288 e. The van der Waals surface area contributed by atoms with E-state index in [-0.39, 0.29) is 11.4 Å². The van der Waals surface area contributed by atoms with Crippen LogP contribution in [-0.2, 0) is 0 Å². The molecule has 0 unspecified atom stereocenters. The first-order valence-electron chi connectivity index (χ1n) is 5.57. The van der Waals surface area contributed by atoms with E-state index < -0.39 is 0 Å². The molecule has 2 rings (SSSR count). The van der Waals surface area contributed by atoms with E-state index in [1.165, 1.54) is 11.3 Å². The topological polar surface area (TPSA) is 40.9 Å². The first-order chi connectivity index (χ1) is 9.10. The number of ketones is 1. The number of halogens is 1. The minimum absolute atomic E-state index is 0.153. The van der Waals surface area contributed by atoms with Crippen molar-refractivity contribution in [1.82, 2.24) is 0 Å². The summed E-state index contributed by atoms with van der Waals surface area (Å²) in [7, 11) is 0.